The van der Waals surface area contributed by atoms with Crippen molar-refractivity contribution >= 4 is 5.96 Å². The summed E-state index contributed by atoms with van der Waals surface area (Å²) >= 11 is 0. The predicted molar refractivity (Wildman–Crippen MR) is 95.7 cm³/mol. The summed E-state index contributed by atoms with van der Waals surface area (Å²) in [5.74, 6) is 0.858. The average Bonchev–Trinajstić information content (AvgIpc) is 2.52. The van der Waals surface area contributed by atoms with Gasteiger partial charge in [-0.1, -0.05) is 26.0 Å². The minimum atomic E-state index is -0.623. The Balaban J connectivity index is 2.36. The minimum Gasteiger partial charge on any atom is -0.389 e. The van der Waals surface area contributed by atoms with Gasteiger partial charge in [-0.05, 0) is 37.0 Å². The highest BCUT2D eigenvalue weighted by Crippen LogP contribution is 2.03. The number of halogens is 1. The average molecular weight is 339 g/mol. The third-order valence-electron chi connectivity index (χ3n) is 3.16. The van der Waals surface area contributed by atoms with Gasteiger partial charge < -0.3 is 20.5 Å². The summed E-state index contributed by atoms with van der Waals surface area (Å²) in [7, 11) is 0. The van der Waals surface area contributed by atoms with Crippen molar-refractivity contribution < 1.29 is 14.2 Å². The number of rotatable bonds is 10. The molecule has 0 amide bonds. The first kappa shape index (κ1) is 20.4. The lowest BCUT2D eigenvalue weighted by Gasteiger charge is -2.14. The molecule has 1 aromatic carbocycles. The Labute approximate surface area is 144 Å². The molecular formula is C18H30FN3O2. The van der Waals surface area contributed by atoms with Crippen LogP contribution < -0.4 is 10.6 Å². The number of hydrogen-bond donors (Lipinski definition) is 3. The van der Waals surface area contributed by atoms with Crippen LogP contribution in [-0.4, -0.2) is 50.0 Å². The van der Waals surface area contributed by atoms with Crippen LogP contribution in [0.2, 0.25) is 0 Å². The highest BCUT2D eigenvalue weighted by molar-refractivity contribution is 5.79. The molecule has 0 aliphatic rings. The van der Waals surface area contributed by atoms with Gasteiger partial charge in [0.05, 0.1) is 19.3 Å². The van der Waals surface area contributed by atoms with Gasteiger partial charge in [-0.2, -0.15) is 0 Å². The summed E-state index contributed by atoms with van der Waals surface area (Å²) in [5, 5.41) is 16.2. The molecule has 0 bridgehead atoms. The van der Waals surface area contributed by atoms with Gasteiger partial charge >= 0.3 is 0 Å². The quantitative estimate of drug-likeness (QED) is 0.450. The smallest absolute Gasteiger partial charge is 0.191 e. The maximum Gasteiger partial charge on any atom is 0.191 e. The molecule has 0 saturated carbocycles. The summed E-state index contributed by atoms with van der Waals surface area (Å²) in [6, 6.07) is 6.56. The minimum absolute atomic E-state index is 0.224. The molecular weight excluding hydrogens is 309 g/mol. The molecule has 24 heavy (non-hydrogen) atoms. The maximum atomic E-state index is 13.1. The predicted octanol–water partition coefficient (Wildman–Crippen LogP) is 1.96. The number of nitrogens with zero attached hydrogens (tertiary/aromatic N) is 1. The molecule has 5 nitrogen and oxygen atoms in total. The molecule has 136 valence electrons. The van der Waals surface area contributed by atoms with Crippen LogP contribution in [0.1, 0.15) is 26.3 Å². The van der Waals surface area contributed by atoms with Crippen molar-refractivity contribution in [2.75, 3.05) is 32.8 Å². The Morgan fingerprint density at radius 3 is 2.75 bits per heavy atom. The fourth-order valence-electron chi connectivity index (χ4n) is 2.05. The van der Waals surface area contributed by atoms with Crippen LogP contribution in [0.15, 0.2) is 29.3 Å². The Bertz CT molecular complexity index is 495. The number of aliphatic hydroxyl groups is 1. The van der Waals surface area contributed by atoms with E-state index in [1.807, 2.05) is 13.0 Å². The zero-order valence-corrected chi connectivity index (χ0v) is 14.9. The second kappa shape index (κ2) is 11.8. The molecule has 1 rings (SSSR count). The van der Waals surface area contributed by atoms with Crippen LogP contribution in [0.25, 0.3) is 0 Å². The lowest BCUT2D eigenvalue weighted by atomic mass is 10.1. The second-order valence-corrected chi connectivity index (χ2v) is 6.11. The number of aliphatic imine (C=N–C) groups is 1. The molecule has 0 aliphatic carbocycles. The summed E-state index contributed by atoms with van der Waals surface area (Å²) in [4.78, 5) is 4.35. The first-order valence-electron chi connectivity index (χ1n) is 8.53. The summed E-state index contributed by atoms with van der Waals surface area (Å²) in [6.45, 7) is 8.66. The first-order valence-corrected chi connectivity index (χ1v) is 8.53. The third-order valence-corrected chi connectivity index (χ3v) is 3.16. The van der Waals surface area contributed by atoms with Crippen molar-refractivity contribution in [3.05, 3.63) is 35.6 Å². The zero-order valence-electron chi connectivity index (χ0n) is 14.9. The molecule has 0 radical (unpaired) electrons. The Kier molecular flexibility index (Phi) is 10.0. The van der Waals surface area contributed by atoms with Gasteiger partial charge in [0.2, 0.25) is 0 Å². The van der Waals surface area contributed by atoms with Crippen molar-refractivity contribution in [2.24, 2.45) is 10.9 Å². The van der Waals surface area contributed by atoms with Gasteiger partial charge in [0.1, 0.15) is 5.82 Å². The molecule has 6 heteroatoms. The van der Waals surface area contributed by atoms with Gasteiger partial charge in [-0.3, -0.25) is 4.99 Å². The second-order valence-electron chi connectivity index (χ2n) is 6.11. The third kappa shape index (κ3) is 9.47. The monoisotopic (exact) mass is 339 g/mol. The topological polar surface area (TPSA) is 65.9 Å². The molecule has 0 spiro atoms. The van der Waals surface area contributed by atoms with Gasteiger partial charge in [0.15, 0.2) is 5.96 Å². The van der Waals surface area contributed by atoms with Crippen molar-refractivity contribution in [1.29, 1.82) is 0 Å². The van der Waals surface area contributed by atoms with Gasteiger partial charge in [0.25, 0.3) is 0 Å². The fourth-order valence-corrected chi connectivity index (χ4v) is 2.05. The summed E-state index contributed by atoms with van der Waals surface area (Å²) in [5.41, 5.74) is 0.931. The normalized spacial score (nSPS) is 13.2. The molecule has 0 fully saturated rings. The van der Waals surface area contributed by atoms with Crippen LogP contribution in [0.3, 0.4) is 0 Å². The fraction of sp³-hybridized carbons (Fsp3) is 0.611. The van der Waals surface area contributed by atoms with E-state index in [0.29, 0.717) is 31.4 Å². The highest BCUT2D eigenvalue weighted by atomic mass is 19.1. The van der Waals surface area contributed by atoms with E-state index in [0.717, 1.165) is 12.1 Å². The standard InChI is InChI=1S/C18H30FN3O2/c1-4-20-18(22-11-17(23)13-24-12-14(2)3)21-9-8-15-6-5-7-16(19)10-15/h5-7,10,14,17,23H,4,8-9,11-13H2,1-3H3,(H2,20,21,22). The van der Waals surface area contributed by atoms with Gasteiger partial charge in [-0.15, -0.1) is 0 Å². The Morgan fingerprint density at radius 1 is 1.29 bits per heavy atom. The van der Waals surface area contributed by atoms with Crippen LogP contribution in [0.4, 0.5) is 4.39 Å². The number of benzene rings is 1. The van der Waals surface area contributed by atoms with E-state index in [4.69, 9.17) is 4.74 Å². The Hall–Kier alpha value is -1.66. The Morgan fingerprint density at radius 2 is 2.08 bits per heavy atom. The molecule has 1 atom stereocenters. The zero-order chi connectivity index (χ0) is 17.8. The van der Waals surface area contributed by atoms with Crippen molar-refractivity contribution in [3.63, 3.8) is 0 Å². The highest BCUT2D eigenvalue weighted by Gasteiger charge is 2.05. The molecule has 0 aromatic heterocycles. The van der Waals surface area contributed by atoms with Crippen molar-refractivity contribution in [1.82, 2.24) is 10.6 Å². The van der Waals surface area contributed by atoms with E-state index < -0.39 is 6.10 Å². The van der Waals surface area contributed by atoms with Crippen LogP contribution in [0, 0.1) is 11.7 Å². The maximum absolute atomic E-state index is 13.1. The molecule has 0 saturated heterocycles. The molecule has 3 N–H and O–H groups in total. The number of aliphatic hydroxyl groups excluding tert-OH is 1. The first-order chi connectivity index (χ1) is 11.5. The molecule has 1 unspecified atom stereocenters. The van der Waals surface area contributed by atoms with Crippen LogP contribution >= 0.6 is 0 Å². The lowest BCUT2D eigenvalue weighted by molar-refractivity contribution is 0.0301. The van der Waals surface area contributed by atoms with Gasteiger partial charge in [-0.25, -0.2) is 4.39 Å². The van der Waals surface area contributed by atoms with Crippen molar-refractivity contribution in [3.8, 4) is 0 Å². The molecule has 0 aliphatic heterocycles. The van der Waals surface area contributed by atoms with Crippen LogP contribution in [-0.2, 0) is 11.2 Å². The lowest BCUT2D eigenvalue weighted by Crippen LogP contribution is -2.39. The van der Waals surface area contributed by atoms with Crippen molar-refractivity contribution in [2.45, 2.75) is 33.3 Å². The summed E-state index contributed by atoms with van der Waals surface area (Å²) < 4.78 is 18.5. The van der Waals surface area contributed by atoms with E-state index in [1.165, 1.54) is 12.1 Å². The summed E-state index contributed by atoms with van der Waals surface area (Å²) in [6.07, 6.45) is 0.0739. The molecule has 0 heterocycles. The number of ether oxygens (including phenoxy) is 1. The van der Waals surface area contributed by atoms with E-state index in [9.17, 15) is 9.50 Å². The van der Waals surface area contributed by atoms with E-state index in [2.05, 4.69) is 29.5 Å². The number of nitrogens with one attached hydrogen (secondary N) is 2. The van der Waals surface area contributed by atoms with Gasteiger partial charge in [0, 0.05) is 19.7 Å². The van der Waals surface area contributed by atoms with E-state index >= 15 is 0 Å². The van der Waals surface area contributed by atoms with E-state index in [1.54, 1.807) is 6.07 Å². The van der Waals surface area contributed by atoms with E-state index in [-0.39, 0.29) is 19.0 Å². The SMILES string of the molecule is CCNC(=NCC(O)COCC(C)C)NCCc1cccc(F)c1. The number of hydrogen-bond acceptors (Lipinski definition) is 3. The van der Waals surface area contributed by atoms with Crippen LogP contribution in [0.5, 0.6) is 0 Å². The molecule has 1 aromatic rings. The largest absolute Gasteiger partial charge is 0.389 e. The number of guanidine groups is 1.